The highest BCUT2D eigenvalue weighted by molar-refractivity contribution is 9.10. The predicted octanol–water partition coefficient (Wildman–Crippen LogP) is 5.23. The van der Waals surface area contributed by atoms with E-state index in [9.17, 15) is 14.4 Å². The fourth-order valence-corrected chi connectivity index (χ4v) is 5.98. The summed E-state index contributed by atoms with van der Waals surface area (Å²) in [6.07, 6.45) is 5.13. The smallest absolute Gasteiger partial charge is 0.246 e. The topological polar surface area (TPSA) is 100 Å². The first kappa shape index (κ1) is 27.6. The van der Waals surface area contributed by atoms with Gasteiger partial charge in [-0.3, -0.25) is 14.4 Å². The van der Waals surface area contributed by atoms with E-state index < -0.39 is 6.04 Å². The molecule has 3 heterocycles. The lowest BCUT2D eigenvalue weighted by Crippen LogP contribution is -2.49. The van der Waals surface area contributed by atoms with Gasteiger partial charge in [0.1, 0.15) is 18.3 Å². The molecule has 204 valence electrons. The van der Waals surface area contributed by atoms with Crippen LogP contribution in [0.2, 0.25) is 10.0 Å². The monoisotopic (exact) mass is 632 g/mol. The van der Waals surface area contributed by atoms with Crippen molar-refractivity contribution in [3.05, 3.63) is 74.4 Å². The molecule has 2 aromatic carbocycles. The zero-order chi connectivity index (χ0) is 27.5. The molecular weight excluding hydrogens is 607 g/mol. The molecule has 0 radical (unpaired) electrons. The van der Waals surface area contributed by atoms with Crippen molar-refractivity contribution in [1.82, 2.24) is 24.8 Å². The average molecular weight is 634 g/mol. The molecule has 2 saturated heterocycles. The van der Waals surface area contributed by atoms with Crippen molar-refractivity contribution < 1.29 is 14.4 Å². The third-order valence-electron chi connectivity index (χ3n) is 7.02. The molecule has 0 aliphatic carbocycles. The Kier molecular flexibility index (Phi) is 8.54. The maximum absolute atomic E-state index is 13.8. The highest BCUT2D eigenvalue weighted by atomic mass is 79.9. The van der Waals surface area contributed by atoms with Crippen molar-refractivity contribution in [2.45, 2.75) is 57.3 Å². The van der Waals surface area contributed by atoms with Crippen molar-refractivity contribution in [3.63, 3.8) is 0 Å². The lowest BCUT2D eigenvalue weighted by molar-refractivity contribution is -0.144. The summed E-state index contributed by atoms with van der Waals surface area (Å²) < 4.78 is 2.41. The zero-order valence-corrected chi connectivity index (χ0v) is 24.1. The van der Waals surface area contributed by atoms with Gasteiger partial charge in [0.25, 0.3) is 0 Å². The highest BCUT2D eigenvalue weighted by Gasteiger charge is 2.41. The summed E-state index contributed by atoms with van der Waals surface area (Å²) in [4.78, 5) is 42.7. The molecule has 3 aromatic rings. The van der Waals surface area contributed by atoms with Gasteiger partial charge >= 0.3 is 0 Å². The van der Waals surface area contributed by atoms with Crippen molar-refractivity contribution in [3.8, 4) is 0 Å². The molecule has 39 heavy (non-hydrogen) atoms. The lowest BCUT2D eigenvalue weighted by Gasteiger charge is -2.38. The second-order valence-corrected chi connectivity index (χ2v) is 11.6. The Morgan fingerprint density at radius 2 is 1.79 bits per heavy atom. The van der Waals surface area contributed by atoms with Crippen LogP contribution >= 0.6 is 39.1 Å². The number of piperidine rings is 1. The Morgan fingerprint density at radius 3 is 2.54 bits per heavy atom. The van der Waals surface area contributed by atoms with Gasteiger partial charge in [-0.15, -0.1) is 5.10 Å². The van der Waals surface area contributed by atoms with Crippen LogP contribution in [-0.4, -0.2) is 55.1 Å². The third-order valence-corrected chi connectivity index (χ3v) is 7.98. The van der Waals surface area contributed by atoms with E-state index in [0.29, 0.717) is 47.4 Å². The van der Waals surface area contributed by atoms with Gasteiger partial charge in [0.05, 0.1) is 12.2 Å². The van der Waals surface area contributed by atoms with E-state index in [0.717, 1.165) is 29.3 Å². The van der Waals surface area contributed by atoms with E-state index in [1.54, 1.807) is 29.3 Å². The van der Waals surface area contributed by atoms with Gasteiger partial charge in [-0.2, -0.15) is 0 Å². The first-order valence-corrected chi connectivity index (χ1v) is 14.3. The largest absolute Gasteiger partial charge is 0.332 e. The van der Waals surface area contributed by atoms with E-state index in [4.69, 9.17) is 23.2 Å². The molecule has 2 unspecified atom stereocenters. The fraction of sp³-hybridized carbons (Fsp3) is 0.370. The first-order valence-electron chi connectivity index (χ1n) is 12.8. The van der Waals surface area contributed by atoms with Crippen LogP contribution in [0.15, 0.2) is 53.1 Å². The number of anilines is 1. The molecule has 0 spiro atoms. The number of benzene rings is 2. The number of halogens is 3. The summed E-state index contributed by atoms with van der Waals surface area (Å²) in [6.45, 7) is 0.920. The third kappa shape index (κ3) is 6.62. The second-order valence-electron chi connectivity index (χ2n) is 9.79. The lowest BCUT2D eigenvalue weighted by atomic mass is 9.98. The molecule has 3 amide bonds. The molecular formula is C27H27BrCl2N6O3. The molecule has 12 heteroatoms. The van der Waals surface area contributed by atoms with E-state index >= 15 is 0 Å². The van der Waals surface area contributed by atoms with E-state index in [1.165, 1.54) is 4.68 Å². The van der Waals surface area contributed by atoms with Gasteiger partial charge in [-0.05, 0) is 61.6 Å². The van der Waals surface area contributed by atoms with Crippen LogP contribution in [0.1, 0.15) is 49.4 Å². The van der Waals surface area contributed by atoms with Gasteiger partial charge in [0, 0.05) is 39.7 Å². The van der Waals surface area contributed by atoms with Crippen LogP contribution in [0.25, 0.3) is 0 Å². The number of nitrogens with one attached hydrogen (secondary N) is 1. The van der Waals surface area contributed by atoms with Crippen LogP contribution in [0, 0.1) is 0 Å². The molecule has 5 rings (SSSR count). The van der Waals surface area contributed by atoms with Gasteiger partial charge in [-0.1, -0.05) is 56.5 Å². The number of hydrogen-bond donors (Lipinski definition) is 1. The maximum atomic E-state index is 13.8. The fourth-order valence-electron chi connectivity index (χ4n) is 5.19. The highest BCUT2D eigenvalue weighted by Crippen LogP contribution is 2.33. The molecule has 1 aromatic heterocycles. The maximum Gasteiger partial charge on any atom is 0.246 e. The minimum Gasteiger partial charge on any atom is -0.332 e. The first-order chi connectivity index (χ1) is 18.8. The van der Waals surface area contributed by atoms with Crippen molar-refractivity contribution in [2.75, 3.05) is 11.9 Å². The number of amides is 3. The van der Waals surface area contributed by atoms with Crippen LogP contribution in [-0.2, 0) is 27.5 Å². The number of carbonyl (C=O) groups excluding carboxylic acids is 3. The van der Waals surface area contributed by atoms with Gasteiger partial charge in [0.15, 0.2) is 0 Å². The quantitative estimate of drug-likeness (QED) is 0.384. The van der Waals surface area contributed by atoms with E-state index in [2.05, 4.69) is 31.6 Å². The van der Waals surface area contributed by atoms with Crippen LogP contribution in [0.5, 0.6) is 0 Å². The number of hydrogen-bond acceptors (Lipinski definition) is 5. The van der Waals surface area contributed by atoms with E-state index in [-0.39, 0.29) is 30.3 Å². The van der Waals surface area contributed by atoms with Gasteiger partial charge < -0.3 is 15.1 Å². The molecule has 0 saturated carbocycles. The van der Waals surface area contributed by atoms with Crippen molar-refractivity contribution in [1.29, 1.82) is 0 Å². The van der Waals surface area contributed by atoms with Gasteiger partial charge in [-0.25, -0.2) is 4.68 Å². The summed E-state index contributed by atoms with van der Waals surface area (Å²) >= 11 is 15.5. The van der Waals surface area contributed by atoms with E-state index in [1.807, 2.05) is 29.2 Å². The average Bonchev–Trinajstić information content (AvgIpc) is 3.51. The van der Waals surface area contributed by atoms with Crippen molar-refractivity contribution >= 4 is 62.5 Å². The van der Waals surface area contributed by atoms with Crippen molar-refractivity contribution in [2.24, 2.45) is 0 Å². The molecule has 2 aliphatic rings. The van der Waals surface area contributed by atoms with Crippen LogP contribution in [0.4, 0.5) is 5.69 Å². The SMILES string of the molecule is O=C(Cn1cc(C2CCCCN2C(=O)C2CCC(=O)N2Cc2ccc(Br)cc2)nn1)Nc1cc(Cl)cc(Cl)c1. The molecule has 2 aliphatic heterocycles. The second kappa shape index (κ2) is 12.1. The Labute approximate surface area is 244 Å². The molecule has 9 nitrogen and oxygen atoms in total. The number of rotatable bonds is 7. The minimum absolute atomic E-state index is 0.0113. The van der Waals surface area contributed by atoms with Crippen LogP contribution < -0.4 is 5.32 Å². The Hall–Kier alpha value is -2.95. The Balaban J connectivity index is 1.27. The Bertz CT molecular complexity index is 1360. The van der Waals surface area contributed by atoms with Crippen LogP contribution in [0.3, 0.4) is 0 Å². The minimum atomic E-state index is -0.507. The molecule has 1 N–H and O–H groups in total. The predicted molar refractivity (Wildman–Crippen MR) is 151 cm³/mol. The number of likely N-dealkylation sites (tertiary alicyclic amines) is 2. The molecule has 2 fully saturated rings. The summed E-state index contributed by atoms with van der Waals surface area (Å²) in [5, 5.41) is 12.0. The number of carbonyl (C=O) groups is 3. The number of nitrogens with zero attached hydrogens (tertiary/aromatic N) is 5. The van der Waals surface area contributed by atoms with Gasteiger partial charge in [0.2, 0.25) is 17.7 Å². The Morgan fingerprint density at radius 1 is 1.05 bits per heavy atom. The summed E-state index contributed by atoms with van der Waals surface area (Å²) in [6, 6.07) is 11.8. The summed E-state index contributed by atoms with van der Waals surface area (Å²) in [5.74, 6) is -0.384. The standard InChI is InChI=1S/C27H27BrCl2N6O3/c28-18-6-4-17(5-7-18)14-36-24(8-9-26(36)38)27(39)35-10-2-1-3-23(35)22-15-34(33-32-22)16-25(37)31-21-12-19(29)11-20(30)13-21/h4-7,11-13,15,23-24H,1-3,8-10,14,16H2,(H,31,37). The normalized spacial score (nSPS) is 19.4. The number of aromatic nitrogens is 3. The summed E-state index contributed by atoms with van der Waals surface area (Å²) in [5.41, 5.74) is 2.09. The summed E-state index contributed by atoms with van der Waals surface area (Å²) in [7, 11) is 0. The zero-order valence-electron chi connectivity index (χ0n) is 21.0. The molecule has 0 bridgehead atoms. The molecule has 2 atom stereocenters.